The van der Waals surface area contributed by atoms with Crippen LogP contribution in [0.1, 0.15) is 19.8 Å². The van der Waals surface area contributed by atoms with Crippen LogP contribution in [0.25, 0.3) is 10.9 Å². The highest BCUT2D eigenvalue weighted by molar-refractivity contribution is 5.83. The Balaban J connectivity index is 1.60. The summed E-state index contributed by atoms with van der Waals surface area (Å²) in [6.07, 6.45) is 3.70. The fourth-order valence-corrected chi connectivity index (χ4v) is 3.87. The van der Waals surface area contributed by atoms with Crippen LogP contribution in [-0.4, -0.2) is 66.4 Å². The molecule has 2 aromatic rings. The highest BCUT2D eigenvalue weighted by atomic mass is 16.6. The number of nitrogens with zero attached hydrogens (tertiary/aromatic N) is 4. The zero-order valence-electron chi connectivity index (χ0n) is 17.9. The summed E-state index contributed by atoms with van der Waals surface area (Å²) >= 11 is 0. The van der Waals surface area contributed by atoms with E-state index in [1.807, 2.05) is 4.90 Å². The number of carbonyl (C=O) groups is 1. The van der Waals surface area contributed by atoms with Crippen molar-refractivity contribution < 1.29 is 14.3 Å². The standard InChI is InChI=1S/C22H29N5O4/c1-3-5-6-23-22(29)26-10-8-25(9-11-26)21-24-17-15-19-18(30-12-13-31-19)14-16(17)20(28)27(21)7-4-2/h4,14-15H,2-3,5-13H2,1H3,(H,23,29). The predicted octanol–water partition coefficient (Wildman–Crippen LogP) is 1.99. The number of hydrogen-bond donors (Lipinski definition) is 1. The summed E-state index contributed by atoms with van der Waals surface area (Å²) in [6, 6.07) is 3.44. The van der Waals surface area contributed by atoms with E-state index < -0.39 is 0 Å². The fourth-order valence-electron chi connectivity index (χ4n) is 3.87. The third kappa shape index (κ3) is 4.30. The van der Waals surface area contributed by atoms with E-state index in [2.05, 4.69) is 23.7 Å². The van der Waals surface area contributed by atoms with Gasteiger partial charge in [-0.25, -0.2) is 9.78 Å². The molecule has 2 amide bonds. The average Bonchev–Trinajstić information content (AvgIpc) is 2.80. The predicted molar refractivity (Wildman–Crippen MR) is 119 cm³/mol. The van der Waals surface area contributed by atoms with Crippen LogP contribution < -0.4 is 25.2 Å². The van der Waals surface area contributed by atoms with Crippen LogP contribution in [0.2, 0.25) is 0 Å². The van der Waals surface area contributed by atoms with Gasteiger partial charge in [0, 0.05) is 45.3 Å². The number of rotatable bonds is 6. The van der Waals surface area contributed by atoms with Crippen LogP contribution in [0, 0.1) is 0 Å². The van der Waals surface area contributed by atoms with Crippen molar-refractivity contribution in [3.8, 4) is 11.5 Å². The summed E-state index contributed by atoms with van der Waals surface area (Å²) in [5, 5.41) is 3.45. The number of unbranched alkanes of at least 4 members (excludes halogenated alkanes) is 1. The van der Waals surface area contributed by atoms with E-state index in [1.165, 1.54) is 0 Å². The van der Waals surface area contributed by atoms with Gasteiger partial charge >= 0.3 is 6.03 Å². The molecule has 1 aromatic heterocycles. The molecule has 1 N–H and O–H groups in total. The Bertz CT molecular complexity index is 1030. The summed E-state index contributed by atoms with van der Waals surface area (Å²) < 4.78 is 12.9. The van der Waals surface area contributed by atoms with Crippen molar-refractivity contribution in [2.24, 2.45) is 0 Å². The minimum atomic E-state index is -0.142. The molecule has 1 fully saturated rings. The highest BCUT2D eigenvalue weighted by Crippen LogP contribution is 2.33. The van der Waals surface area contributed by atoms with Crippen LogP contribution in [0.15, 0.2) is 29.6 Å². The molecule has 9 nitrogen and oxygen atoms in total. The van der Waals surface area contributed by atoms with Crippen molar-refractivity contribution in [3.05, 3.63) is 35.1 Å². The Morgan fingerprint density at radius 3 is 2.58 bits per heavy atom. The summed E-state index contributed by atoms with van der Waals surface area (Å²) in [5.41, 5.74) is 0.431. The van der Waals surface area contributed by atoms with Crippen molar-refractivity contribution in [2.75, 3.05) is 50.8 Å². The minimum absolute atomic E-state index is 0.0353. The van der Waals surface area contributed by atoms with Crippen molar-refractivity contribution in [2.45, 2.75) is 26.3 Å². The normalized spacial score (nSPS) is 15.8. The molecule has 2 aliphatic heterocycles. The van der Waals surface area contributed by atoms with Crippen molar-refractivity contribution >= 4 is 22.9 Å². The molecular weight excluding hydrogens is 398 g/mol. The lowest BCUT2D eigenvalue weighted by Gasteiger charge is -2.36. The molecule has 0 saturated carbocycles. The Labute approximate surface area is 181 Å². The molecule has 0 unspecified atom stereocenters. The molecule has 1 aromatic carbocycles. The fraction of sp³-hybridized carbons (Fsp3) is 0.500. The maximum atomic E-state index is 13.3. The summed E-state index contributed by atoms with van der Waals surface area (Å²) in [6.45, 7) is 10.2. The topological polar surface area (TPSA) is 88.9 Å². The van der Waals surface area contributed by atoms with Crippen LogP contribution in [0.5, 0.6) is 11.5 Å². The lowest BCUT2D eigenvalue weighted by Crippen LogP contribution is -2.53. The van der Waals surface area contributed by atoms with E-state index in [9.17, 15) is 9.59 Å². The van der Waals surface area contributed by atoms with E-state index >= 15 is 0 Å². The zero-order chi connectivity index (χ0) is 21.8. The Kier molecular flexibility index (Phi) is 6.29. The Morgan fingerprint density at radius 1 is 1.19 bits per heavy atom. The molecule has 0 radical (unpaired) electrons. The Hall–Kier alpha value is -3.23. The van der Waals surface area contributed by atoms with Gasteiger partial charge in [0.25, 0.3) is 5.56 Å². The smallest absolute Gasteiger partial charge is 0.317 e. The lowest BCUT2D eigenvalue weighted by molar-refractivity contribution is 0.172. The number of anilines is 1. The van der Waals surface area contributed by atoms with Gasteiger partial charge in [-0.15, -0.1) is 6.58 Å². The van der Waals surface area contributed by atoms with Gasteiger partial charge in [0.15, 0.2) is 11.5 Å². The summed E-state index contributed by atoms with van der Waals surface area (Å²) in [7, 11) is 0. The van der Waals surface area contributed by atoms with Crippen molar-refractivity contribution in [3.63, 3.8) is 0 Å². The summed E-state index contributed by atoms with van der Waals surface area (Å²) in [5.74, 6) is 1.75. The number of allylic oxidation sites excluding steroid dienone is 1. The molecular formula is C22H29N5O4. The summed E-state index contributed by atoms with van der Waals surface area (Å²) in [4.78, 5) is 34.3. The maximum absolute atomic E-state index is 13.3. The molecule has 1 saturated heterocycles. The number of fused-ring (bicyclic) bond motifs is 2. The lowest BCUT2D eigenvalue weighted by atomic mass is 10.2. The van der Waals surface area contributed by atoms with E-state index in [4.69, 9.17) is 14.5 Å². The molecule has 3 heterocycles. The molecule has 0 spiro atoms. The maximum Gasteiger partial charge on any atom is 0.317 e. The number of urea groups is 1. The number of hydrogen-bond acceptors (Lipinski definition) is 6. The van der Waals surface area contributed by atoms with Gasteiger partial charge in [0.1, 0.15) is 13.2 Å². The number of aromatic nitrogens is 2. The molecule has 9 heteroatoms. The first-order valence-electron chi connectivity index (χ1n) is 10.8. The van der Waals surface area contributed by atoms with Crippen molar-refractivity contribution in [1.82, 2.24) is 19.8 Å². The van der Waals surface area contributed by atoms with Gasteiger partial charge in [-0.3, -0.25) is 9.36 Å². The second-order valence-electron chi connectivity index (χ2n) is 7.69. The Morgan fingerprint density at radius 2 is 1.90 bits per heavy atom. The third-order valence-corrected chi connectivity index (χ3v) is 5.57. The van der Waals surface area contributed by atoms with Crippen LogP contribution in [-0.2, 0) is 6.54 Å². The first-order chi connectivity index (χ1) is 15.1. The van der Waals surface area contributed by atoms with Crippen LogP contribution >= 0.6 is 0 Å². The molecule has 166 valence electrons. The largest absolute Gasteiger partial charge is 0.486 e. The SMILES string of the molecule is C=CCn1c(N2CCN(C(=O)NCCCC)CC2)nc2cc3c(cc2c1=O)OCCO3. The molecule has 31 heavy (non-hydrogen) atoms. The third-order valence-electron chi connectivity index (χ3n) is 5.57. The molecule has 0 aliphatic carbocycles. The first kappa shape index (κ1) is 21.0. The minimum Gasteiger partial charge on any atom is -0.486 e. The number of benzene rings is 1. The molecule has 0 atom stereocenters. The molecule has 2 aliphatic rings. The van der Waals surface area contributed by atoms with E-state index in [1.54, 1.807) is 22.8 Å². The van der Waals surface area contributed by atoms with Gasteiger partial charge < -0.3 is 24.6 Å². The van der Waals surface area contributed by atoms with Gasteiger partial charge in [-0.1, -0.05) is 19.4 Å². The zero-order valence-corrected chi connectivity index (χ0v) is 17.9. The van der Waals surface area contributed by atoms with Crippen LogP contribution in [0.3, 0.4) is 0 Å². The second kappa shape index (κ2) is 9.28. The number of ether oxygens (including phenoxy) is 2. The molecule has 4 rings (SSSR count). The highest BCUT2D eigenvalue weighted by Gasteiger charge is 2.25. The first-order valence-corrected chi connectivity index (χ1v) is 10.8. The van der Waals surface area contributed by atoms with Gasteiger partial charge in [-0.05, 0) is 12.5 Å². The van der Waals surface area contributed by atoms with Gasteiger partial charge in [0.2, 0.25) is 5.95 Å². The quantitative estimate of drug-likeness (QED) is 0.560. The number of nitrogens with one attached hydrogen (secondary N) is 1. The van der Waals surface area contributed by atoms with Gasteiger partial charge in [-0.2, -0.15) is 0 Å². The van der Waals surface area contributed by atoms with E-state index in [0.29, 0.717) is 80.8 Å². The average molecular weight is 428 g/mol. The molecule has 0 bridgehead atoms. The second-order valence-corrected chi connectivity index (χ2v) is 7.69. The number of carbonyl (C=O) groups excluding carboxylic acids is 1. The van der Waals surface area contributed by atoms with E-state index in [-0.39, 0.29) is 11.6 Å². The van der Waals surface area contributed by atoms with Crippen molar-refractivity contribution in [1.29, 1.82) is 0 Å². The van der Waals surface area contributed by atoms with Gasteiger partial charge in [0.05, 0.1) is 10.9 Å². The monoisotopic (exact) mass is 427 g/mol. The number of amides is 2. The van der Waals surface area contributed by atoms with E-state index in [0.717, 1.165) is 12.8 Å². The van der Waals surface area contributed by atoms with Crippen LogP contribution in [0.4, 0.5) is 10.7 Å². The number of piperazine rings is 1.